The Morgan fingerprint density at radius 1 is 1.00 bits per heavy atom. The first kappa shape index (κ1) is 20.3. The molecule has 1 fully saturated rings. The van der Waals surface area contributed by atoms with Gasteiger partial charge in [0.1, 0.15) is 17.9 Å². The molecular formula is C25H26N6O. The van der Waals surface area contributed by atoms with E-state index in [1.165, 1.54) is 25.9 Å². The van der Waals surface area contributed by atoms with Gasteiger partial charge in [-0.1, -0.05) is 6.07 Å². The number of pyridine rings is 1. The summed E-state index contributed by atoms with van der Waals surface area (Å²) < 4.78 is 5.88. The lowest BCUT2D eigenvalue weighted by Crippen LogP contribution is -2.25. The highest BCUT2D eigenvalue weighted by Crippen LogP contribution is 2.25. The van der Waals surface area contributed by atoms with Gasteiger partial charge in [0.15, 0.2) is 0 Å². The lowest BCUT2D eigenvalue weighted by molar-refractivity contribution is 0.238. The maximum absolute atomic E-state index is 5.88. The van der Waals surface area contributed by atoms with E-state index in [-0.39, 0.29) is 0 Å². The van der Waals surface area contributed by atoms with E-state index in [2.05, 4.69) is 36.4 Å². The molecule has 1 aliphatic rings. The zero-order valence-corrected chi connectivity index (χ0v) is 18.2. The number of likely N-dealkylation sites (tertiary alicyclic amines) is 1. The van der Waals surface area contributed by atoms with Gasteiger partial charge in [-0.15, -0.1) is 10.2 Å². The number of benzene rings is 2. The van der Waals surface area contributed by atoms with Gasteiger partial charge in [-0.25, -0.2) is 4.98 Å². The SMILES string of the molecule is Cc1cc(-c2ccccn2)cc2nnc(Nc3ccc(OCCN4CCCC4)cc3)nc12. The molecule has 162 valence electrons. The molecule has 2 aromatic heterocycles. The van der Waals surface area contributed by atoms with E-state index in [1.807, 2.05) is 55.5 Å². The Bertz CT molecular complexity index is 1190. The third kappa shape index (κ3) is 4.68. The molecule has 5 rings (SSSR count). The van der Waals surface area contributed by atoms with Crippen LogP contribution in [0.3, 0.4) is 0 Å². The Morgan fingerprint density at radius 3 is 2.62 bits per heavy atom. The molecule has 3 heterocycles. The van der Waals surface area contributed by atoms with Gasteiger partial charge < -0.3 is 10.1 Å². The monoisotopic (exact) mass is 426 g/mol. The lowest BCUT2D eigenvalue weighted by Gasteiger charge is -2.15. The van der Waals surface area contributed by atoms with Crippen molar-refractivity contribution in [3.63, 3.8) is 0 Å². The number of nitrogens with zero attached hydrogens (tertiary/aromatic N) is 5. The normalized spacial score (nSPS) is 14.0. The molecule has 1 aliphatic heterocycles. The highest BCUT2D eigenvalue weighted by atomic mass is 16.5. The summed E-state index contributed by atoms with van der Waals surface area (Å²) in [6.45, 7) is 6.11. The zero-order chi connectivity index (χ0) is 21.8. The second-order valence-electron chi connectivity index (χ2n) is 8.06. The number of fused-ring (bicyclic) bond motifs is 1. The molecule has 4 aromatic rings. The number of anilines is 2. The van der Waals surface area contributed by atoms with Gasteiger partial charge in [-0.05, 0) is 86.9 Å². The maximum atomic E-state index is 5.88. The number of nitrogens with one attached hydrogen (secondary N) is 1. The smallest absolute Gasteiger partial charge is 0.247 e. The second-order valence-corrected chi connectivity index (χ2v) is 8.06. The summed E-state index contributed by atoms with van der Waals surface area (Å²) in [5, 5.41) is 11.9. The van der Waals surface area contributed by atoms with Crippen LogP contribution in [-0.4, -0.2) is 51.3 Å². The van der Waals surface area contributed by atoms with E-state index in [1.54, 1.807) is 6.20 Å². The van der Waals surface area contributed by atoms with Crippen molar-refractivity contribution in [3.8, 4) is 17.0 Å². The molecule has 0 unspecified atom stereocenters. The Balaban J connectivity index is 1.26. The van der Waals surface area contributed by atoms with E-state index < -0.39 is 0 Å². The number of aromatic nitrogens is 4. The molecule has 0 saturated carbocycles. The first-order valence-corrected chi connectivity index (χ1v) is 11.0. The highest BCUT2D eigenvalue weighted by molar-refractivity contribution is 5.84. The zero-order valence-electron chi connectivity index (χ0n) is 18.2. The first-order valence-electron chi connectivity index (χ1n) is 11.0. The van der Waals surface area contributed by atoms with Crippen molar-refractivity contribution in [3.05, 3.63) is 66.4 Å². The van der Waals surface area contributed by atoms with Crippen LogP contribution in [0.1, 0.15) is 18.4 Å². The number of aryl methyl sites for hydroxylation is 1. The summed E-state index contributed by atoms with van der Waals surface area (Å²) in [5.41, 5.74) is 5.41. The Kier molecular flexibility index (Phi) is 5.89. The summed E-state index contributed by atoms with van der Waals surface area (Å²) in [7, 11) is 0. The summed E-state index contributed by atoms with van der Waals surface area (Å²) in [5.74, 6) is 1.33. The summed E-state index contributed by atoms with van der Waals surface area (Å²) in [6.07, 6.45) is 4.39. The largest absolute Gasteiger partial charge is 0.492 e. The molecule has 0 spiro atoms. The molecule has 0 aliphatic carbocycles. The number of rotatable bonds is 7. The summed E-state index contributed by atoms with van der Waals surface area (Å²) in [6, 6.07) is 17.8. The average Bonchev–Trinajstić information content (AvgIpc) is 3.35. The van der Waals surface area contributed by atoms with Crippen LogP contribution in [-0.2, 0) is 0 Å². The molecular weight excluding hydrogens is 400 g/mol. The van der Waals surface area contributed by atoms with Gasteiger partial charge in [0.2, 0.25) is 5.95 Å². The van der Waals surface area contributed by atoms with Crippen molar-refractivity contribution < 1.29 is 4.74 Å². The molecule has 0 radical (unpaired) electrons. The summed E-state index contributed by atoms with van der Waals surface area (Å²) >= 11 is 0. The van der Waals surface area contributed by atoms with Crippen molar-refractivity contribution in [2.75, 3.05) is 31.6 Å². The van der Waals surface area contributed by atoms with E-state index in [0.717, 1.165) is 45.8 Å². The second kappa shape index (κ2) is 9.28. The van der Waals surface area contributed by atoms with Gasteiger partial charge in [0.05, 0.1) is 11.2 Å². The number of ether oxygens (including phenoxy) is 1. The predicted molar refractivity (Wildman–Crippen MR) is 126 cm³/mol. The fraction of sp³-hybridized carbons (Fsp3) is 0.280. The van der Waals surface area contributed by atoms with Crippen molar-refractivity contribution in [2.24, 2.45) is 0 Å². The van der Waals surface area contributed by atoms with Crippen LogP contribution in [0.15, 0.2) is 60.8 Å². The summed E-state index contributed by atoms with van der Waals surface area (Å²) in [4.78, 5) is 11.5. The Morgan fingerprint density at radius 2 is 1.84 bits per heavy atom. The Hall–Kier alpha value is -3.58. The van der Waals surface area contributed by atoms with Crippen LogP contribution in [0, 0.1) is 6.92 Å². The molecule has 2 aromatic carbocycles. The Labute approximate surface area is 187 Å². The number of hydrogen-bond donors (Lipinski definition) is 1. The van der Waals surface area contributed by atoms with Gasteiger partial charge in [0, 0.05) is 24.0 Å². The van der Waals surface area contributed by atoms with Crippen LogP contribution < -0.4 is 10.1 Å². The van der Waals surface area contributed by atoms with Gasteiger partial charge in [-0.2, -0.15) is 0 Å². The van der Waals surface area contributed by atoms with Gasteiger partial charge >= 0.3 is 0 Å². The molecule has 1 N–H and O–H groups in total. The van der Waals surface area contributed by atoms with E-state index in [9.17, 15) is 0 Å². The minimum atomic E-state index is 0.467. The lowest BCUT2D eigenvalue weighted by atomic mass is 10.1. The quantitative estimate of drug-likeness (QED) is 0.462. The van der Waals surface area contributed by atoms with Crippen LogP contribution in [0.2, 0.25) is 0 Å². The van der Waals surface area contributed by atoms with Crippen LogP contribution in [0.5, 0.6) is 5.75 Å². The van der Waals surface area contributed by atoms with Crippen molar-refractivity contribution in [1.82, 2.24) is 25.1 Å². The predicted octanol–water partition coefficient (Wildman–Crippen LogP) is 4.61. The van der Waals surface area contributed by atoms with E-state index in [0.29, 0.717) is 12.6 Å². The third-order valence-corrected chi connectivity index (χ3v) is 5.70. The molecule has 0 bridgehead atoms. The van der Waals surface area contributed by atoms with Crippen LogP contribution in [0.4, 0.5) is 11.6 Å². The minimum absolute atomic E-state index is 0.467. The topological polar surface area (TPSA) is 76.1 Å². The van der Waals surface area contributed by atoms with Crippen molar-refractivity contribution in [2.45, 2.75) is 19.8 Å². The molecule has 0 amide bonds. The standard InChI is InChI=1S/C25H26N6O/c1-18-16-19(22-6-2-3-11-26-22)17-23-24(18)28-25(30-29-23)27-20-7-9-21(10-8-20)32-15-14-31-12-4-5-13-31/h2-3,6-11,16-17H,4-5,12-15H2,1H3,(H,27,28,30). The van der Waals surface area contributed by atoms with Gasteiger partial charge in [0.25, 0.3) is 0 Å². The molecule has 7 heteroatoms. The highest BCUT2D eigenvalue weighted by Gasteiger charge is 2.11. The average molecular weight is 427 g/mol. The van der Waals surface area contributed by atoms with Crippen LogP contribution >= 0.6 is 0 Å². The van der Waals surface area contributed by atoms with Gasteiger partial charge in [-0.3, -0.25) is 9.88 Å². The maximum Gasteiger partial charge on any atom is 0.247 e. The third-order valence-electron chi connectivity index (χ3n) is 5.70. The molecule has 7 nitrogen and oxygen atoms in total. The molecule has 1 saturated heterocycles. The fourth-order valence-electron chi connectivity index (χ4n) is 4.01. The number of hydrogen-bond acceptors (Lipinski definition) is 7. The van der Waals surface area contributed by atoms with E-state index >= 15 is 0 Å². The minimum Gasteiger partial charge on any atom is -0.492 e. The molecule has 32 heavy (non-hydrogen) atoms. The van der Waals surface area contributed by atoms with Crippen molar-refractivity contribution in [1.29, 1.82) is 0 Å². The first-order chi connectivity index (χ1) is 15.7. The van der Waals surface area contributed by atoms with Crippen molar-refractivity contribution >= 4 is 22.7 Å². The molecule has 0 atom stereocenters. The van der Waals surface area contributed by atoms with Crippen LogP contribution in [0.25, 0.3) is 22.3 Å². The fourth-order valence-corrected chi connectivity index (χ4v) is 4.01. The van der Waals surface area contributed by atoms with E-state index in [4.69, 9.17) is 4.74 Å².